The first-order chi connectivity index (χ1) is 11.2. The van der Waals surface area contributed by atoms with Crippen LogP contribution in [0.5, 0.6) is 0 Å². The van der Waals surface area contributed by atoms with Crippen LogP contribution in [0, 0.1) is 5.92 Å². The van der Waals surface area contributed by atoms with Crippen molar-refractivity contribution in [3.63, 3.8) is 0 Å². The number of rotatable bonds is 0. The van der Waals surface area contributed by atoms with Crippen molar-refractivity contribution in [2.24, 2.45) is 5.92 Å². The van der Waals surface area contributed by atoms with Crippen molar-refractivity contribution in [1.29, 1.82) is 0 Å². The third-order valence-electron chi connectivity index (χ3n) is 5.40. The van der Waals surface area contributed by atoms with Crippen LogP contribution in [0.1, 0.15) is 59.3 Å². The Morgan fingerprint density at radius 3 is 2.75 bits per heavy atom. The molecular formula is C20H30O4. The Morgan fingerprint density at radius 2 is 2.04 bits per heavy atom. The van der Waals surface area contributed by atoms with Crippen LogP contribution in [0.4, 0.5) is 0 Å². The highest BCUT2D eigenvalue weighted by molar-refractivity contribution is 5.89. The van der Waals surface area contributed by atoms with Gasteiger partial charge in [0.1, 0.15) is 6.10 Å². The summed E-state index contributed by atoms with van der Waals surface area (Å²) in [6.07, 6.45) is 7.12. The molecule has 0 unspecified atom stereocenters. The number of esters is 1. The van der Waals surface area contributed by atoms with Gasteiger partial charge in [0.15, 0.2) is 0 Å². The highest BCUT2D eigenvalue weighted by atomic mass is 16.6. The fourth-order valence-electron chi connectivity index (χ4n) is 3.37. The molecule has 0 saturated carbocycles. The highest BCUT2D eigenvalue weighted by Crippen LogP contribution is 2.35. The molecule has 1 aliphatic heterocycles. The summed E-state index contributed by atoms with van der Waals surface area (Å²) in [4.78, 5) is 12.1. The molecule has 1 fully saturated rings. The van der Waals surface area contributed by atoms with E-state index in [2.05, 4.69) is 12.7 Å². The normalized spacial score (nSPS) is 40.6. The molecular weight excluding hydrogens is 304 g/mol. The molecule has 2 rings (SSSR count). The number of allylic oxidation sites excluding steroid dienone is 3. The summed E-state index contributed by atoms with van der Waals surface area (Å²) in [6.45, 7) is 9.58. The third-order valence-corrected chi connectivity index (χ3v) is 5.40. The van der Waals surface area contributed by atoms with Gasteiger partial charge >= 0.3 is 5.97 Å². The van der Waals surface area contributed by atoms with E-state index in [0.29, 0.717) is 31.3 Å². The fraction of sp³-hybridized carbons (Fsp3) is 0.650. The van der Waals surface area contributed by atoms with Gasteiger partial charge in [-0.2, -0.15) is 0 Å². The summed E-state index contributed by atoms with van der Waals surface area (Å²) in [5.41, 5.74) is 1.55. The van der Waals surface area contributed by atoms with Gasteiger partial charge in [-0.1, -0.05) is 24.3 Å². The number of carbonyl (C=O) groups is 1. The molecule has 0 aromatic heterocycles. The van der Waals surface area contributed by atoms with E-state index >= 15 is 0 Å². The average Bonchev–Trinajstić information content (AvgIpc) is 2.52. The van der Waals surface area contributed by atoms with Gasteiger partial charge in [-0.05, 0) is 70.8 Å². The molecule has 0 aromatic rings. The zero-order valence-electron chi connectivity index (χ0n) is 15.0. The van der Waals surface area contributed by atoms with Crippen LogP contribution < -0.4 is 0 Å². The van der Waals surface area contributed by atoms with Crippen LogP contribution in [-0.2, 0) is 9.53 Å². The Kier molecular flexibility index (Phi) is 6.05. The molecule has 4 heteroatoms. The zero-order chi connectivity index (χ0) is 17.9. The van der Waals surface area contributed by atoms with Gasteiger partial charge in [0.05, 0.1) is 11.7 Å². The van der Waals surface area contributed by atoms with E-state index in [1.165, 1.54) is 5.57 Å². The predicted octanol–water partition coefficient (Wildman–Crippen LogP) is 3.44. The Labute approximate surface area is 144 Å². The van der Waals surface area contributed by atoms with Crippen molar-refractivity contribution < 1.29 is 19.7 Å². The Hall–Kier alpha value is -1.39. The maximum absolute atomic E-state index is 12.1. The van der Waals surface area contributed by atoms with Crippen molar-refractivity contribution in [3.8, 4) is 0 Å². The van der Waals surface area contributed by atoms with Gasteiger partial charge in [0, 0.05) is 5.57 Å². The van der Waals surface area contributed by atoms with Crippen molar-refractivity contribution in [2.45, 2.75) is 77.1 Å². The lowest BCUT2D eigenvalue weighted by Crippen LogP contribution is -2.47. The number of carbonyl (C=O) groups excluding carboxylic acids is 1. The van der Waals surface area contributed by atoms with Crippen molar-refractivity contribution in [2.75, 3.05) is 0 Å². The maximum Gasteiger partial charge on any atom is 0.334 e. The molecule has 0 aromatic carbocycles. The van der Waals surface area contributed by atoms with Gasteiger partial charge in [-0.15, -0.1) is 0 Å². The van der Waals surface area contributed by atoms with Gasteiger partial charge in [0.25, 0.3) is 0 Å². The Bertz CT molecular complexity index is 556. The molecule has 0 radical (unpaired) electrons. The Morgan fingerprint density at radius 1 is 1.33 bits per heavy atom. The van der Waals surface area contributed by atoms with Crippen LogP contribution in [-0.4, -0.2) is 34.0 Å². The van der Waals surface area contributed by atoms with Crippen LogP contribution in [0.25, 0.3) is 0 Å². The van der Waals surface area contributed by atoms with Crippen molar-refractivity contribution >= 4 is 5.97 Å². The molecule has 2 bridgehead atoms. The second-order valence-corrected chi connectivity index (χ2v) is 7.54. The van der Waals surface area contributed by atoms with Crippen molar-refractivity contribution in [1.82, 2.24) is 0 Å². The number of hydrogen-bond donors (Lipinski definition) is 2. The van der Waals surface area contributed by atoms with Crippen LogP contribution in [0.15, 0.2) is 35.5 Å². The van der Waals surface area contributed by atoms with Gasteiger partial charge in [-0.3, -0.25) is 0 Å². The largest absolute Gasteiger partial charge is 0.456 e. The number of aliphatic hydroxyl groups excluding tert-OH is 1. The highest BCUT2D eigenvalue weighted by Gasteiger charge is 2.41. The van der Waals surface area contributed by atoms with E-state index < -0.39 is 23.8 Å². The molecule has 1 heterocycles. The smallest absolute Gasteiger partial charge is 0.334 e. The quantitative estimate of drug-likeness (QED) is 0.404. The van der Waals surface area contributed by atoms with E-state index in [0.717, 1.165) is 18.4 Å². The van der Waals surface area contributed by atoms with Crippen LogP contribution in [0.3, 0.4) is 0 Å². The van der Waals surface area contributed by atoms with E-state index in [4.69, 9.17) is 4.74 Å². The molecule has 134 valence electrons. The number of fused-ring (bicyclic) bond motifs is 2. The van der Waals surface area contributed by atoms with E-state index in [-0.39, 0.29) is 5.92 Å². The van der Waals surface area contributed by atoms with E-state index in [1.54, 1.807) is 6.92 Å². The molecule has 0 amide bonds. The predicted molar refractivity (Wildman–Crippen MR) is 94.4 cm³/mol. The zero-order valence-corrected chi connectivity index (χ0v) is 15.0. The number of aliphatic hydroxyl groups is 2. The Balaban J connectivity index is 2.27. The van der Waals surface area contributed by atoms with Gasteiger partial charge < -0.3 is 14.9 Å². The monoisotopic (exact) mass is 334 g/mol. The second-order valence-electron chi connectivity index (χ2n) is 7.54. The van der Waals surface area contributed by atoms with Gasteiger partial charge in [-0.25, -0.2) is 4.79 Å². The van der Waals surface area contributed by atoms with Crippen molar-refractivity contribution in [3.05, 3.63) is 35.5 Å². The molecule has 4 atom stereocenters. The molecule has 1 aliphatic carbocycles. The van der Waals surface area contributed by atoms with E-state index in [9.17, 15) is 15.0 Å². The lowest BCUT2D eigenvalue weighted by atomic mass is 9.80. The van der Waals surface area contributed by atoms with Crippen LogP contribution in [0.2, 0.25) is 0 Å². The molecule has 1 saturated heterocycles. The molecule has 2 aliphatic rings. The lowest BCUT2D eigenvalue weighted by Gasteiger charge is -2.38. The average molecular weight is 334 g/mol. The first-order valence-corrected chi connectivity index (χ1v) is 8.83. The molecule has 24 heavy (non-hydrogen) atoms. The second kappa shape index (κ2) is 7.66. The standard InChI is InChI=1S/C20H30O4/c1-13-6-5-11-20(4,23)18-12-16(15(3)19(22)24-18)9-8-14(2)17(21)10-7-13/h6,8,16-18,21,23H,3,5,7,9-12H2,1-2,4H3/b13-6+,14-8-/t16-,17+,18-,20+/m1/s1. The molecule has 2 N–H and O–H groups in total. The number of ether oxygens (including phenoxy) is 1. The molecule has 4 nitrogen and oxygen atoms in total. The minimum absolute atomic E-state index is 0.0508. The summed E-state index contributed by atoms with van der Waals surface area (Å²) in [5.74, 6) is -0.466. The van der Waals surface area contributed by atoms with Crippen LogP contribution >= 0.6 is 0 Å². The summed E-state index contributed by atoms with van der Waals surface area (Å²) in [5, 5.41) is 21.1. The van der Waals surface area contributed by atoms with E-state index in [1.807, 2.05) is 19.9 Å². The van der Waals surface area contributed by atoms with Gasteiger partial charge in [0.2, 0.25) is 0 Å². The summed E-state index contributed by atoms with van der Waals surface area (Å²) in [6, 6.07) is 0. The summed E-state index contributed by atoms with van der Waals surface area (Å²) < 4.78 is 5.44. The minimum Gasteiger partial charge on any atom is -0.456 e. The lowest BCUT2D eigenvalue weighted by molar-refractivity contribution is -0.168. The first kappa shape index (κ1) is 18.9. The SMILES string of the molecule is C=C1C(=O)O[C@@H]2C[C@H]1C/C=C(/C)[C@@H](O)CC/C(C)=C/CC[C@]2(C)O. The fourth-order valence-corrected chi connectivity index (χ4v) is 3.37. The maximum atomic E-state index is 12.1. The minimum atomic E-state index is -1.05. The summed E-state index contributed by atoms with van der Waals surface area (Å²) in [7, 11) is 0. The number of hydrogen-bond acceptors (Lipinski definition) is 4. The topological polar surface area (TPSA) is 66.8 Å². The summed E-state index contributed by atoms with van der Waals surface area (Å²) >= 11 is 0. The third kappa shape index (κ3) is 4.58. The first-order valence-electron chi connectivity index (χ1n) is 8.83. The molecule has 0 spiro atoms.